The molecule has 2 aromatic heterocycles. The van der Waals surface area contributed by atoms with Gasteiger partial charge in [0.25, 0.3) is 0 Å². The summed E-state index contributed by atoms with van der Waals surface area (Å²) in [6.45, 7) is 2.45. The number of imidazole rings is 1. The second-order valence-corrected chi connectivity index (χ2v) is 7.50. The standard InChI is InChI=1S/C19H20ClF3N6/c1-2-29-16-15(10-24-17(28-16)25-13-5-3-4-6-13)27-18(29)26-14-8-11(19(21,22)23)7-12(20)9-14/h7-10,13H,2-6H2,1H3,(H,26,27)(H,24,25,28). The van der Waals surface area contributed by atoms with Gasteiger partial charge in [0.05, 0.1) is 11.8 Å². The SMILES string of the molecule is CCn1c(Nc2cc(Cl)cc(C(F)(F)F)c2)nc2cnc(NC3CCCC3)nc21. The fourth-order valence-electron chi connectivity index (χ4n) is 3.59. The average molecular weight is 425 g/mol. The van der Waals surface area contributed by atoms with Gasteiger partial charge in [-0.25, -0.2) is 9.97 Å². The number of alkyl halides is 3. The molecule has 0 unspecified atom stereocenters. The summed E-state index contributed by atoms with van der Waals surface area (Å²) in [5, 5.41) is 6.28. The van der Waals surface area contributed by atoms with E-state index in [4.69, 9.17) is 11.6 Å². The Balaban J connectivity index is 1.66. The lowest BCUT2D eigenvalue weighted by molar-refractivity contribution is -0.137. The third kappa shape index (κ3) is 4.24. The zero-order valence-corrected chi connectivity index (χ0v) is 16.5. The highest BCUT2D eigenvalue weighted by Crippen LogP contribution is 2.34. The number of anilines is 3. The van der Waals surface area contributed by atoms with Crippen LogP contribution < -0.4 is 10.6 Å². The summed E-state index contributed by atoms with van der Waals surface area (Å²) >= 11 is 5.88. The summed E-state index contributed by atoms with van der Waals surface area (Å²) < 4.78 is 41.0. The van der Waals surface area contributed by atoms with E-state index < -0.39 is 11.7 Å². The van der Waals surface area contributed by atoms with Crippen molar-refractivity contribution in [3.8, 4) is 0 Å². The number of halogens is 4. The molecular formula is C19H20ClF3N6. The van der Waals surface area contributed by atoms with Crippen LogP contribution in [0.5, 0.6) is 0 Å². The minimum absolute atomic E-state index is 0.00988. The quantitative estimate of drug-likeness (QED) is 0.556. The summed E-state index contributed by atoms with van der Waals surface area (Å²) in [5.74, 6) is 0.915. The van der Waals surface area contributed by atoms with E-state index in [0.29, 0.717) is 35.6 Å². The van der Waals surface area contributed by atoms with Crippen LogP contribution in [-0.2, 0) is 12.7 Å². The van der Waals surface area contributed by atoms with Crippen LogP contribution >= 0.6 is 11.6 Å². The Morgan fingerprint density at radius 3 is 2.62 bits per heavy atom. The van der Waals surface area contributed by atoms with Crippen LogP contribution in [0.1, 0.15) is 38.2 Å². The Kier molecular flexibility index (Phi) is 5.24. The van der Waals surface area contributed by atoms with E-state index in [1.54, 1.807) is 10.8 Å². The first-order valence-corrected chi connectivity index (χ1v) is 9.86. The van der Waals surface area contributed by atoms with E-state index in [-0.39, 0.29) is 10.7 Å². The average Bonchev–Trinajstić information content (AvgIpc) is 3.27. The van der Waals surface area contributed by atoms with Crippen molar-refractivity contribution in [1.82, 2.24) is 19.5 Å². The van der Waals surface area contributed by atoms with Crippen molar-refractivity contribution < 1.29 is 13.2 Å². The van der Waals surface area contributed by atoms with Gasteiger partial charge in [-0.05, 0) is 38.0 Å². The van der Waals surface area contributed by atoms with E-state index in [9.17, 15) is 13.2 Å². The highest BCUT2D eigenvalue weighted by molar-refractivity contribution is 6.31. The van der Waals surface area contributed by atoms with Gasteiger partial charge in [-0.3, -0.25) is 4.57 Å². The molecule has 1 aromatic carbocycles. The zero-order chi connectivity index (χ0) is 20.6. The molecule has 0 bridgehead atoms. The van der Waals surface area contributed by atoms with Crippen LogP contribution in [-0.4, -0.2) is 25.6 Å². The Morgan fingerprint density at radius 1 is 1.17 bits per heavy atom. The van der Waals surface area contributed by atoms with E-state index in [0.717, 1.165) is 25.0 Å². The second-order valence-electron chi connectivity index (χ2n) is 7.06. The molecule has 1 aliphatic carbocycles. The molecule has 29 heavy (non-hydrogen) atoms. The number of fused-ring (bicyclic) bond motifs is 1. The predicted octanol–water partition coefficient (Wildman–Crippen LogP) is 5.62. The number of hydrogen-bond donors (Lipinski definition) is 2. The number of aryl methyl sites for hydroxylation is 1. The minimum Gasteiger partial charge on any atom is -0.351 e. The number of aromatic nitrogens is 4. The Labute approximate surface area is 170 Å². The zero-order valence-electron chi connectivity index (χ0n) is 15.7. The fourth-order valence-corrected chi connectivity index (χ4v) is 3.83. The van der Waals surface area contributed by atoms with Gasteiger partial charge < -0.3 is 10.6 Å². The van der Waals surface area contributed by atoms with Crippen LogP contribution in [0.25, 0.3) is 11.2 Å². The molecule has 0 aliphatic heterocycles. The highest BCUT2D eigenvalue weighted by Gasteiger charge is 2.31. The molecule has 0 saturated heterocycles. The molecule has 154 valence electrons. The fraction of sp³-hybridized carbons (Fsp3) is 0.421. The normalized spacial score (nSPS) is 15.2. The molecular weight excluding hydrogens is 405 g/mol. The largest absolute Gasteiger partial charge is 0.416 e. The molecule has 0 amide bonds. The Hall–Kier alpha value is -2.55. The van der Waals surface area contributed by atoms with Crippen molar-refractivity contribution in [2.45, 2.75) is 51.4 Å². The molecule has 2 heterocycles. The molecule has 2 N–H and O–H groups in total. The van der Waals surface area contributed by atoms with E-state index in [1.807, 2.05) is 6.92 Å². The van der Waals surface area contributed by atoms with Crippen LogP contribution in [0, 0.1) is 0 Å². The highest BCUT2D eigenvalue weighted by atomic mass is 35.5. The summed E-state index contributed by atoms with van der Waals surface area (Å²) in [7, 11) is 0. The maximum Gasteiger partial charge on any atom is 0.416 e. The van der Waals surface area contributed by atoms with Gasteiger partial charge in [0.2, 0.25) is 11.9 Å². The molecule has 1 saturated carbocycles. The van der Waals surface area contributed by atoms with Gasteiger partial charge >= 0.3 is 6.18 Å². The van der Waals surface area contributed by atoms with Crippen LogP contribution in [0.4, 0.5) is 30.8 Å². The lowest BCUT2D eigenvalue weighted by atomic mass is 10.2. The summed E-state index contributed by atoms with van der Waals surface area (Å²) in [6, 6.07) is 3.69. The first kappa shape index (κ1) is 19.8. The first-order valence-electron chi connectivity index (χ1n) is 9.48. The molecule has 4 rings (SSSR count). The number of rotatable bonds is 5. The third-order valence-corrected chi connectivity index (χ3v) is 5.19. The van der Waals surface area contributed by atoms with E-state index in [1.165, 1.54) is 18.9 Å². The van der Waals surface area contributed by atoms with Gasteiger partial charge in [-0.1, -0.05) is 24.4 Å². The summed E-state index contributed by atoms with van der Waals surface area (Å²) in [6.07, 6.45) is 1.71. The Bertz CT molecular complexity index is 1030. The van der Waals surface area contributed by atoms with Gasteiger partial charge in [-0.15, -0.1) is 0 Å². The maximum atomic E-state index is 13.1. The number of hydrogen-bond acceptors (Lipinski definition) is 5. The first-order chi connectivity index (χ1) is 13.8. The Morgan fingerprint density at radius 2 is 1.93 bits per heavy atom. The molecule has 0 atom stereocenters. The van der Waals surface area contributed by atoms with Crippen LogP contribution in [0.2, 0.25) is 5.02 Å². The van der Waals surface area contributed by atoms with Crippen molar-refractivity contribution >= 4 is 40.3 Å². The van der Waals surface area contributed by atoms with Crippen LogP contribution in [0.3, 0.4) is 0 Å². The lowest BCUT2D eigenvalue weighted by Crippen LogP contribution is -2.16. The van der Waals surface area contributed by atoms with Gasteiger partial charge in [-0.2, -0.15) is 18.2 Å². The summed E-state index contributed by atoms with van der Waals surface area (Å²) in [5.41, 5.74) is 0.551. The smallest absolute Gasteiger partial charge is 0.351 e. The minimum atomic E-state index is -4.49. The van der Waals surface area contributed by atoms with Crippen molar-refractivity contribution in [3.63, 3.8) is 0 Å². The van der Waals surface area contributed by atoms with E-state index >= 15 is 0 Å². The second kappa shape index (κ2) is 7.70. The van der Waals surface area contributed by atoms with Crippen molar-refractivity contribution in [2.75, 3.05) is 10.6 Å². The molecule has 6 nitrogen and oxygen atoms in total. The third-order valence-electron chi connectivity index (χ3n) is 4.97. The molecule has 1 aliphatic rings. The summed E-state index contributed by atoms with van der Waals surface area (Å²) in [4.78, 5) is 13.4. The van der Waals surface area contributed by atoms with E-state index in [2.05, 4.69) is 25.6 Å². The lowest BCUT2D eigenvalue weighted by Gasteiger charge is -2.13. The van der Waals surface area contributed by atoms with Crippen molar-refractivity contribution in [1.29, 1.82) is 0 Å². The van der Waals surface area contributed by atoms with Gasteiger partial charge in [0.1, 0.15) is 5.52 Å². The molecule has 10 heteroatoms. The van der Waals surface area contributed by atoms with Gasteiger partial charge in [0, 0.05) is 23.3 Å². The maximum absolute atomic E-state index is 13.1. The van der Waals surface area contributed by atoms with Crippen LogP contribution in [0.15, 0.2) is 24.4 Å². The molecule has 0 spiro atoms. The topological polar surface area (TPSA) is 67.7 Å². The molecule has 1 fully saturated rings. The monoisotopic (exact) mass is 424 g/mol. The molecule has 3 aromatic rings. The van der Waals surface area contributed by atoms with Gasteiger partial charge in [0.15, 0.2) is 5.65 Å². The molecule has 0 radical (unpaired) electrons. The predicted molar refractivity (Wildman–Crippen MR) is 107 cm³/mol. The number of nitrogens with zero attached hydrogens (tertiary/aromatic N) is 4. The number of nitrogens with one attached hydrogen (secondary N) is 2. The van der Waals surface area contributed by atoms with Crippen molar-refractivity contribution in [3.05, 3.63) is 35.0 Å². The van der Waals surface area contributed by atoms with Crippen molar-refractivity contribution in [2.24, 2.45) is 0 Å². The number of benzene rings is 1.